The minimum absolute atomic E-state index is 0.0701. The molecule has 5 nitrogen and oxygen atoms in total. The summed E-state index contributed by atoms with van der Waals surface area (Å²) in [5.74, 6) is 0.552. The summed E-state index contributed by atoms with van der Waals surface area (Å²) in [4.78, 5) is 10.6. The highest BCUT2D eigenvalue weighted by molar-refractivity contribution is 9.10. The number of nitro groups is 1. The number of ether oxygens (including phenoxy) is 1. The molecule has 2 aromatic rings. The van der Waals surface area contributed by atoms with E-state index in [0.717, 1.165) is 4.47 Å². The Labute approximate surface area is 124 Å². The molecule has 1 N–H and O–H groups in total. The van der Waals surface area contributed by atoms with Crippen LogP contribution in [0.3, 0.4) is 0 Å². The van der Waals surface area contributed by atoms with Crippen molar-refractivity contribution in [3.63, 3.8) is 0 Å². The van der Waals surface area contributed by atoms with Crippen LogP contribution in [0.25, 0.3) is 0 Å². The number of hydrogen-bond donors (Lipinski definition) is 1. The largest absolute Gasteiger partial charge is 0.450 e. The first-order valence-electron chi connectivity index (χ1n) is 5.84. The summed E-state index contributed by atoms with van der Waals surface area (Å²) >= 11 is 3.30. The van der Waals surface area contributed by atoms with Crippen molar-refractivity contribution in [2.75, 3.05) is 0 Å². The normalized spacial score (nSPS) is 10.3. The molecular weight excluding hydrogens is 326 g/mol. The van der Waals surface area contributed by atoms with Crippen LogP contribution in [-0.2, 0) is 6.61 Å². The lowest BCUT2D eigenvalue weighted by Crippen LogP contribution is -1.98. The number of rotatable bonds is 4. The van der Waals surface area contributed by atoms with Crippen LogP contribution in [0, 0.1) is 17.0 Å². The maximum absolute atomic E-state index is 11.1. The van der Waals surface area contributed by atoms with Gasteiger partial charge in [0.1, 0.15) is 5.75 Å². The number of aliphatic hydroxyl groups is 1. The molecule has 0 fully saturated rings. The Hall–Kier alpha value is -1.92. The molecule has 0 aromatic heterocycles. The third-order valence-corrected chi connectivity index (χ3v) is 3.29. The molecule has 0 aliphatic carbocycles. The number of aryl methyl sites for hydroxylation is 1. The molecule has 0 unspecified atom stereocenters. The maximum Gasteiger partial charge on any atom is 0.314 e. The minimum Gasteiger partial charge on any atom is -0.450 e. The van der Waals surface area contributed by atoms with E-state index < -0.39 is 4.92 Å². The first-order valence-corrected chi connectivity index (χ1v) is 6.63. The first-order chi connectivity index (χ1) is 9.52. The van der Waals surface area contributed by atoms with Gasteiger partial charge in [-0.15, -0.1) is 0 Å². The third kappa shape index (κ3) is 2.97. The Balaban J connectivity index is 2.45. The van der Waals surface area contributed by atoms with Gasteiger partial charge in [0.2, 0.25) is 5.75 Å². The molecule has 0 atom stereocenters. The molecule has 0 bridgehead atoms. The highest BCUT2D eigenvalue weighted by Crippen LogP contribution is 2.35. The highest BCUT2D eigenvalue weighted by Gasteiger charge is 2.19. The van der Waals surface area contributed by atoms with E-state index in [1.807, 2.05) is 0 Å². The van der Waals surface area contributed by atoms with Crippen LogP contribution < -0.4 is 4.74 Å². The van der Waals surface area contributed by atoms with Gasteiger partial charge in [0, 0.05) is 15.6 Å². The highest BCUT2D eigenvalue weighted by atomic mass is 79.9. The van der Waals surface area contributed by atoms with E-state index in [1.54, 1.807) is 37.3 Å². The maximum atomic E-state index is 11.1. The number of nitrogens with zero attached hydrogens (tertiary/aromatic N) is 1. The van der Waals surface area contributed by atoms with E-state index >= 15 is 0 Å². The topological polar surface area (TPSA) is 72.6 Å². The van der Waals surface area contributed by atoms with Crippen LogP contribution >= 0.6 is 15.9 Å². The predicted molar refractivity (Wildman–Crippen MR) is 78.0 cm³/mol. The third-order valence-electron chi connectivity index (χ3n) is 2.80. The van der Waals surface area contributed by atoms with Gasteiger partial charge >= 0.3 is 5.69 Å². The molecule has 0 aliphatic rings. The summed E-state index contributed by atoms with van der Waals surface area (Å²) in [5, 5.41) is 20.4. The Kier molecular flexibility index (Phi) is 4.36. The van der Waals surface area contributed by atoms with E-state index in [4.69, 9.17) is 4.74 Å². The van der Waals surface area contributed by atoms with Crippen molar-refractivity contribution in [2.45, 2.75) is 13.5 Å². The van der Waals surface area contributed by atoms with Crippen LogP contribution in [0.1, 0.15) is 11.1 Å². The summed E-state index contributed by atoms with van der Waals surface area (Å²) in [6.07, 6.45) is 0. The molecule has 20 heavy (non-hydrogen) atoms. The summed E-state index contributed by atoms with van der Waals surface area (Å²) in [6, 6.07) is 9.98. The predicted octanol–water partition coefficient (Wildman–Crippen LogP) is 3.95. The molecule has 0 radical (unpaired) electrons. The second-order valence-electron chi connectivity index (χ2n) is 4.19. The van der Waals surface area contributed by atoms with E-state index in [2.05, 4.69) is 15.9 Å². The van der Waals surface area contributed by atoms with Gasteiger partial charge in [-0.25, -0.2) is 0 Å². The zero-order valence-electron chi connectivity index (χ0n) is 10.7. The van der Waals surface area contributed by atoms with Crippen molar-refractivity contribution in [3.05, 3.63) is 62.1 Å². The summed E-state index contributed by atoms with van der Waals surface area (Å²) < 4.78 is 6.40. The van der Waals surface area contributed by atoms with Crippen LogP contribution in [-0.4, -0.2) is 10.0 Å². The van der Waals surface area contributed by atoms with Gasteiger partial charge in [0.15, 0.2) is 0 Å². The van der Waals surface area contributed by atoms with Gasteiger partial charge in [-0.1, -0.05) is 28.1 Å². The fraction of sp³-hybridized carbons (Fsp3) is 0.143. The second kappa shape index (κ2) is 6.02. The monoisotopic (exact) mass is 337 g/mol. The van der Waals surface area contributed by atoms with Gasteiger partial charge in [-0.3, -0.25) is 10.1 Å². The van der Waals surface area contributed by atoms with E-state index in [-0.39, 0.29) is 18.0 Å². The summed E-state index contributed by atoms with van der Waals surface area (Å²) in [7, 11) is 0. The summed E-state index contributed by atoms with van der Waals surface area (Å²) in [5.41, 5.74) is 1.00. The number of hydrogen-bond acceptors (Lipinski definition) is 4. The van der Waals surface area contributed by atoms with E-state index in [0.29, 0.717) is 16.9 Å². The van der Waals surface area contributed by atoms with Crippen LogP contribution in [0.2, 0.25) is 0 Å². The first kappa shape index (κ1) is 14.5. The zero-order valence-corrected chi connectivity index (χ0v) is 12.3. The SMILES string of the molecule is Cc1cccc(Oc2ccc(Br)cc2CO)c1[N+](=O)[O-]. The number of para-hydroxylation sites is 1. The Bertz CT molecular complexity index is 658. The van der Waals surface area contributed by atoms with Crippen molar-refractivity contribution < 1.29 is 14.8 Å². The molecule has 0 amide bonds. The lowest BCUT2D eigenvalue weighted by molar-refractivity contribution is -0.386. The van der Waals surface area contributed by atoms with E-state index in [9.17, 15) is 15.2 Å². The zero-order chi connectivity index (χ0) is 14.7. The van der Waals surface area contributed by atoms with Crippen molar-refractivity contribution in [1.82, 2.24) is 0 Å². The number of nitro benzene ring substituents is 1. The van der Waals surface area contributed by atoms with Crippen molar-refractivity contribution in [1.29, 1.82) is 0 Å². The van der Waals surface area contributed by atoms with E-state index in [1.165, 1.54) is 6.07 Å². The average Bonchev–Trinajstić information content (AvgIpc) is 2.40. The van der Waals surface area contributed by atoms with Gasteiger partial charge in [0.05, 0.1) is 11.5 Å². The smallest absolute Gasteiger partial charge is 0.314 e. The molecule has 2 aromatic carbocycles. The molecule has 0 aliphatic heterocycles. The number of halogens is 1. The quantitative estimate of drug-likeness (QED) is 0.677. The molecule has 104 valence electrons. The molecule has 0 heterocycles. The lowest BCUT2D eigenvalue weighted by atomic mass is 10.2. The van der Waals surface area contributed by atoms with Crippen molar-refractivity contribution in [3.8, 4) is 11.5 Å². The molecule has 0 spiro atoms. The number of benzene rings is 2. The Morgan fingerprint density at radius 3 is 2.70 bits per heavy atom. The second-order valence-corrected chi connectivity index (χ2v) is 5.11. The standard InChI is InChI=1S/C14H12BrNO4/c1-9-3-2-4-13(14(9)16(18)19)20-12-6-5-11(15)7-10(12)8-17/h2-7,17H,8H2,1H3. The molecule has 0 saturated carbocycles. The van der Waals surface area contributed by atoms with Crippen LogP contribution in [0.15, 0.2) is 40.9 Å². The van der Waals surface area contributed by atoms with Crippen LogP contribution in [0.4, 0.5) is 5.69 Å². The Morgan fingerprint density at radius 2 is 2.05 bits per heavy atom. The lowest BCUT2D eigenvalue weighted by Gasteiger charge is -2.11. The summed E-state index contributed by atoms with van der Waals surface area (Å²) in [6.45, 7) is 1.44. The molecule has 6 heteroatoms. The molecule has 0 saturated heterocycles. The number of aliphatic hydroxyl groups excluding tert-OH is 1. The van der Waals surface area contributed by atoms with Gasteiger partial charge in [-0.05, 0) is 31.2 Å². The van der Waals surface area contributed by atoms with Crippen molar-refractivity contribution in [2.24, 2.45) is 0 Å². The van der Waals surface area contributed by atoms with Gasteiger partial charge in [-0.2, -0.15) is 0 Å². The van der Waals surface area contributed by atoms with Crippen LogP contribution in [0.5, 0.6) is 11.5 Å². The fourth-order valence-electron chi connectivity index (χ4n) is 1.84. The van der Waals surface area contributed by atoms with Gasteiger partial charge < -0.3 is 9.84 Å². The Morgan fingerprint density at radius 1 is 1.30 bits per heavy atom. The minimum atomic E-state index is -0.470. The molecular formula is C14H12BrNO4. The average molecular weight is 338 g/mol. The fourth-order valence-corrected chi connectivity index (χ4v) is 2.25. The van der Waals surface area contributed by atoms with Gasteiger partial charge in [0.25, 0.3) is 0 Å². The van der Waals surface area contributed by atoms with Crippen molar-refractivity contribution >= 4 is 21.6 Å². The molecule has 2 rings (SSSR count).